The van der Waals surface area contributed by atoms with E-state index in [2.05, 4.69) is 10.0 Å². The Morgan fingerprint density at radius 3 is 2.82 bits per heavy atom. The zero-order chi connectivity index (χ0) is 8.27. The first-order chi connectivity index (χ1) is 5.24. The van der Waals surface area contributed by atoms with Gasteiger partial charge in [-0.15, -0.1) is 0 Å². The molecule has 1 N–H and O–H groups in total. The van der Waals surface area contributed by atoms with Crippen molar-refractivity contribution in [1.29, 1.82) is 0 Å². The van der Waals surface area contributed by atoms with Gasteiger partial charge in [0, 0.05) is 4.91 Å². The van der Waals surface area contributed by atoms with Crippen LogP contribution in [0.15, 0.2) is 23.3 Å². The van der Waals surface area contributed by atoms with E-state index in [9.17, 15) is 0 Å². The number of azide groups is 1. The van der Waals surface area contributed by atoms with Gasteiger partial charge in [-0.05, 0) is 30.2 Å². The number of phenolic OH excluding ortho intramolecular Hbond substituents is 1. The maximum atomic E-state index is 9.16. The Morgan fingerprint density at radius 2 is 2.27 bits per heavy atom. The Labute approximate surface area is 63.7 Å². The topological polar surface area (TPSA) is 69.0 Å². The largest absolute Gasteiger partial charge is 0.507 e. The second-order valence-electron chi connectivity index (χ2n) is 2.18. The van der Waals surface area contributed by atoms with Crippen LogP contribution in [0.25, 0.3) is 10.4 Å². The van der Waals surface area contributed by atoms with Crippen molar-refractivity contribution < 1.29 is 5.11 Å². The standard InChI is InChI=1S/C7H7N3O/c1-5-2-3-6(9-10-8)7(11)4-5/h2-4,11H,1H3. The van der Waals surface area contributed by atoms with Crippen LogP contribution in [0.4, 0.5) is 5.69 Å². The number of nitrogens with zero attached hydrogens (tertiary/aromatic N) is 3. The second kappa shape index (κ2) is 2.94. The van der Waals surface area contributed by atoms with Gasteiger partial charge in [-0.25, -0.2) is 0 Å². The molecule has 0 amide bonds. The van der Waals surface area contributed by atoms with Crippen molar-refractivity contribution in [3.05, 3.63) is 34.2 Å². The van der Waals surface area contributed by atoms with Crippen LogP contribution in [0.2, 0.25) is 0 Å². The lowest BCUT2D eigenvalue weighted by atomic mass is 10.2. The normalized spacial score (nSPS) is 8.82. The van der Waals surface area contributed by atoms with E-state index in [1.54, 1.807) is 18.2 Å². The van der Waals surface area contributed by atoms with E-state index in [0.717, 1.165) is 5.56 Å². The molecule has 0 aliphatic rings. The molecule has 11 heavy (non-hydrogen) atoms. The highest BCUT2D eigenvalue weighted by atomic mass is 16.3. The third-order valence-corrected chi connectivity index (χ3v) is 1.28. The van der Waals surface area contributed by atoms with Crippen LogP contribution in [-0.2, 0) is 0 Å². The van der Waals surface area contributed by atoms with Crippen molar-refractivity contribution >= 4 is 5.69 Å². The van der Waals surface area contributed by atoms with Crippen molar-refractivity contribution in [1.82, 2.24) is 0 Å². The highest BCUT2D eigenvalue weighted by molar-refractivity contribution is 5.51. The Morgan fingerprint density at radius 1 is 1.55 bits per heavy atom. The predicted octanol–water partition coefficient (Wildman–Crippen LogP) is 2.64. The number of hydrogen-bond donors (Lipinski definition) is 1. The van der Waals surface area contributed by atoms with Gasteiger partial charge in [0.05, 0.1) is 5.69 Å². The fraction of sp³-hybridized carbons (Fsp3) is 0.143. The maximum Gasteiger partial charge on any atom is 0.125 e. The van der Waals surface area contributed by atoms with Crippen LogP contribution >= 0.6 is 0 Å². The van der Waals surface area contributed by atoms with E-state index < -0.39 is 0 Å². The molecular formula is C7H7N3O. The van der Waals surface area contributed by atoms with Crippen LogP contribution in [0.5, 0.6) is 5.75 Å². The first kappa shape index (κ1) is 7.44. The zero-order valence-electron chi connectivity index (χ0n) is 6.02. The SMILES string of the molecule is Cc1ccc(N=[N+]=[N-])c(O)c1. The lowest BCUT2D eigenvalue weighted by Crippen LogP contribution is -1.70. The van der Waals surface area contributed by atoms with Crippen LogP contribution in [-0.4, -0.2) is 5.11 Å². The highest BCUT2D eigenvalue weighted by Gasteiger charge is 1.96. The molecule has 0 radical (unpaired) electrons. The van der Waals surface area contributed by atoms with Gasteiger partial charge in [-0.2, -0.15) is 0 Å². The van der Waals surface area contributed by atoms with Gasteiger partial charge >= 0.3 is 0 Å². The van der Waals surface area contributed by atoms with Crippen LogP contribution in [0.1, 0.15) is 5.56 Å². The molecule has 4 heteroatoms. The maximum absolute atomic E-state index is 9.16. The van der Waals surface area contributed by atoms with Gasteiger partial charge in [-0.1, -0.05) is 11.2 Å². The fourth-order valence-electron chi connectivity index (χ4n) is 0.766. The van der Waals surface area contributed by atoms with Crippen molar-refractivity contribution in [3.63, 3.8) is 0 Å². The van der Waals surface area contributed by atoms with E-state index in [0.29, 0.717) is 0 Å². The molecule has 56 valence electrons. The lowest BCUT2D eigenvalue weighted by Gasteiger charge is -1.97. The van der Waals surface area contributed by atoms with Crippen LogP contribution < -0.4 is 0 Å². The number of benzene rings is 1. The molecule has 0 aliphatic carbocycles. The summed E-state index contributed by atoms with van der Waals surface area (Å²) < 4.78 is 0. The molecule has 1 aromatic carbocycles. The summed E-state index contributed by atoms with van der Waals surface area (Å²) in [5, 5.41) is 12.4. The number of phenols is 1. The van der Waals surface area contributed by atoms with Gasteiger partial charge in [0.15, 0.2) is 0 Å². The summed E-state index contributed by atoms with van der Waals surface area (Å²) in [6.07, 6.45) is 0. The van der Waals surface area contributed by atoms with E-state index in [4.69, 9.17) is 10.6 Å². The van der Waals surface area contributed by atoms with Crippen LogP contribution in [0, 0.1) is 6.92 Å². The summed E-state index contributed by atoms with van der Waals surface area (Å²) in [5.41, 5.74) is 9.25. The number of hydrogen-bond acceptors (Lipinski definition) is 2. The van der Waals surface area contributed by atoms with Gasteiger partial charge in [0.2, 0.25) is 0 Å². The summed E-state index contributed by atoms with van der Waals surface area (Å²) in [7, 11) is 0. The predicted molar refractivity (Wildman–Crippen MR) is 41.6 cm³/mol. The minimum atomic E-state index is 0.0165. The highest BCUT2D eigenvalue weighted by Crippen LogP contribution is 2.26. The second-order valence-corrected chi connectivity index (χ2v) is 2.18. The summed E-state index contributed by atoms with van der Waals surface area (Å²) in [6.45, 7) is 1.85. The van der Waals surface area contributed by atoms with Crippen molar-refractivity contribution in [2.45, 2.75) is 6.92 Å². The summed E-state index contributed by atoms with van der Waals surface area (Å²) in [5.74, 6) is 0.0165. The molecule has 0 fully saturated rings. The molecule has 0 bridgehead atoms. The van der Waals surface area contributed by atoms with E-state index >= 15 is 0 Å². The van der Waals surface area contributed by atoms with Crippen LogP contribution in [0.3, 0.4) is 0 Å². The molecule has 0 aromatic heterocycles. The van der Waals surface area contributed by atoms with E-state index in [1.807, 2.05) is 6.92 Å². The quantitative estimate of drug-likeness (QED) is 0.372. The van der Waals surface area contributed by atoms with Crippen molar-refractivity contribution in [3.8, 4) is 5.75 Å². The molecular weight excluding hydrogens is 142 g/mol. The summed E-state index contributed by atoms with van der Waals surface area (Å²) in [4.78, 5) is 2.56. The van der Waals surface area contributed by atoms with Gasteiger partial charge in [0.1, 0.15) is 5.75 Å². The Balaban J connectivity index is 3.19. The first-order valence-corrected chi connectivity index (χ1v) is 3.09. The summed E-state index contributed by atoms with van der Waals surface area (Å²) >= 11 is 0. The third kappa shape index (κ3) is 1.63. The van der Waals surface area contributed by atoms with Crippen molar-refractivity contribution in [2.75, 3.05) is 0 Å². The van der Waals surface area contributed by atoms with Gasteiger partial charge < -0.3 is 5.11 Å². The zero-order valence-corrected chi connectivity index (χ0v) is 6.02. The molecule has 0 atom stereocenters. The molecule has 0 saturated heterocycles. The van der Waals surface area contributed by atoms with Gasteiger partial charge in [0.25, 0.3) is 0 Å². The van der Waals surface area contributed by atoms with Crippen molar-refractivity contribution in [2.24, 2.45) is 5.11 Å². The smallest absolute Gasteiger partial charge is 0.125 e. The Kier molecular flexibility index (Phi) is 1.99. The minimum absolute atomic E-state index is 0.0165. The monoisotopic (exact) mass is 149 g/mol. The first-order valence-electron chi connectivity index (χ1n) is 3.09. The Hall–Kier alpha value is -1.67. The average Bonchev–Trinajstić information content (AvgIpc) is 1.95. The molecule has 1 aromatic rings. The number of rotatable bonds is 1. The fourth-order valence-corrected chi connectivity index (χ4v) is 0.766. The third-order valence-electron chi connectivity index (χ3n) is 1.28. The number of aromatic hydroxyl groups is 1. The molecule has 1 rings (SSSR count). The molecule has 0 heterocycles. The molecule has 0 spiro atoms. The van der Waals surface area contributed by atoms with Gasteiger partial charge in [-0.3, -0.25) is 0 Å². The minimum Gasteiger partial charge on any atom is -0.507 e. The Bertz CT molecular complexity index is 315. The molecule has 0 saturated carbocycles. The number of aryl methyl sites for hydroxylation is 1. The lowest BCUT2D eigenvalue weighted by molar-refractivity contribution is 0.476. The molecule has 0 aliphatic heterocycles. The van der Waals surface area contributed by atoms with E-state index in [-0.39, 0.29) is 11.4 Å². The average molecular weight is 149 g/mol. The summed E-state index contributed by atoms with van der Waals surface area (Å²) in [6, 6.07) is 4.89. The molecule has 0 unspecified atom stereocenters. The molecule has 4 nitrogen and oxygen atoms in total. The van der Waals surface area contributed by atoms with E-state index in [1.165, 1.54) is 0 Å².